The number of ether oxygens (including phenoxy) is 7. The Morgan fingerprint density at radius 2 is 0.593 bits per heavy atom. The minimum Gasteiger partial charge on any atom is -0.493 e. The fraction of sp³-hybridized carbons (Fsp3) is 0.923. The molecule has 352 valence electrons. The molecule has 7 heteroatoms. The topological polar surface area (TPSA) is 64.6 Å². The van der Waals surface area contributed by atoms with E-state index in [-0.39, 0.29) is 0 Å². The van der Waals surface area contributed by atoms with Crippen molar-refractivity contribution in [3.8, 4) is 0 Å². The lowest BCUT2D eigenvalue weighted by molar-refractivity contribution is -0.237. The molecule has 0 spiro atoms. The lowest BCUT2D eigenvalue weighted by Gasteiger charge is -2.28. The lowest BCUT2D eigenvalue weighted by Crippen LogP contribution is -2.32. The minimum absolute atomic E-state index is 0.497. The number of hydrogen-bond acceptors (Lipinski definition) is 7. The van der Waals surface area contributed by atoms with Crippen LogP contribution in [0, 0.1) is 0 Å². The van der Waals surface area contributed by atoms with Crippen molar-refractivity contribution < 1.29 is 33.2 Å². The molecule has 0 saturated carbocycles. The van der Waals surface area contributed by atoms with Gasteiger partial charge in [0.1, 0.15) is 11.5 Å². The molecule has 0 aliphatic rings. The summed E-state index contributed by atoms with van der Waals surface area (Å²) in [4.78, 5) is 0. The van der Waals surface area contributed by atoms with Gasteiger partial charge in [0.2, 0.25) is 12.6 Å². The van der Waals surface area contributed by atoms with E-state index in [0.717, 1.165) is 89.3 Å². The number of rotatable bonds is 50. The standard InChI is InChI=1S/C52H102O7/c1-7-13-17-21-25-29-35-43-53-45-39-33-41-49(57-47-37-31-27-23-19-15-9-3)51(55-11-5)59-52(56-12-6)50(58-48-38-32-28-24-20-16-10-4)42-34-40-46-54-44-36-30-26-22-18-14-8-2/h41-42,51-52H,7-40,43-48H2,1-6H3. The van der Waals surface area contributed by atoms with E-state index in [9.17, 15) is 0 Å². The Balaban J connectivity index is 5.57. The second-order valence-electron chi connectivity index (χ2n) is 16.6. The van der Waals surface area contributed by atoms with Crippen LogP contribution in [0.5, 0.6) is 0 Å². The van der Waals surface area contributed by atoms with E-state index < -0.39 is 12.6 Å². The summed E-state index contributed by atoms with van der Waals surface area (Å²) >= 11 is 0. The van der Waals surface area contributed by atoms with Crippen LogP contribution in [-0.2, 0) is 33.2 Å². The Kier molecular flexibility index (Phi) is 48.6. The fourth-order valence-electron chi connectivity index (χ4n) is 7.12. The van der Waals surface area contributed by atoms with E-state index in [1.807, 2.05) is 13.8 Å². The Labute approximate surface area is 368 Å². The summed E-state index contributed by atoms with van der Waals surface area (Å²) in [5.74, 6) is 1.47. The molecular weight excluding hydrogens is 737 g/mol. The van der Waals surface area contributed by atoms with E-state index >= 15 is 0 Å². The van der Waals surface area contributed by atoms with Crippen molar-refractivity contribution in [1.29, 1.82) is 0 Å². The number of allylic oxidation sites excluding steroid dienone is 2. The molecule has 0 aromatic heterocycles. The first kappa shape index (κ1) is 57.9. The summed E-state index contributed by atoms with van der Waals surface area (Å²) in [7, 11) is 0. The summed E-state index contributed by atoms with van der Waals surface area (Å²) in [6.45, 7) is 18.6. The molecule has 7 nitrogen and oxygen atoms in total. The minimum atomic E-state index is -0.689. The van der Waals surface area contributed by atoms with Crippen molar-refractivity contribution in [2.75, 3.05) is 52.9 Å². The smallest absolute Gasteiger partial charge is 0.219 e. The maximum Gasteiger partial charge on any atom is 0.219 e. The summed E-state index contributed by atoms with van der Waals surface area (Å²) in [5.41, 5.74) is 0. The molecule has 0 aliphatic carbocycles. The Hall–Kier alpha value is -1.12. The van der Waals surface area contributed by atoms with Crippen molar-refractivity contribution in [3.63, 3.8) is 0 Å². The molecule has 2 atom stereocenters. The molecule has 0 aromatic rings. The highest BCUT2D eigenvalue weighted by atomic mass is 16.8. The molecule has 0 aliphatic heterocycles. The van der Waals surface area contributed by atoms with Crippen molar-refractivity contribution >= 4 is 0 Å². The van der Waals surface area contributed by atoms with Crippen LogP contribution in [0.4, 0.5) is 0 Å². The average molecular weight is 839 g/mol. The molecule has 0 amide bonds. The summed E-state index contributed by atoms with van der Waals surface area (Å²) in [5, 5.41) is 0. The van der Waals surface area contributed by atoms with Gasteiger partial charge in [0.15, 0.2) is 0 Å². The van der Waals surface area contributed by atoms with Gasteiger partial charge in [0.05, 0.1) is 13.2 Å². The second kappa shape index (κ2) is 49.5. The molecule has 2 unspecified atom stereocenters. The highest BCUT2D eigenvalue weighted by Gasteiger charge is 2.26. The van der Waals surface area contributed by atoms with Crippen LogP contribution < -0.4 is 0 Å². The monoisotopic (exact) mass is 839 g/mol. The van der Waals surface area contributed by atoms with E-state index in [2.05, 4.69) is 39.8 Å². The molecule has 0 rings (SSSR count). The molecule has 0 bridgehead atoms. The van der Waals surface area contributed by atoms with Crippen LogP contribution in [0.15, 0.2) is 23.7 Å². The largest absolute Gasteiger partial charge is 0.493 e. The third-order valence-electron chi connectivity index (χ3n) is 10.8. The van der Waals surface area contributed by atoms with Crippen LogP contribution in [0.3, 0.4) is 0 Å². The number of hydrogen-bond donors (Lipinski definition) is 0. The van der Waals surface area contributed by atoms with Gasteiger partial charge in [0.25, 0.3) is 0 Å². The van der Waals surface area contributed by atoms with Gasteiger partial charge >= 0.3 is 0 Å². The van der Waals surface area contributed by atoms with Gasteiger partial charge in [-0.3, -0.25) is 0 Å². The SMILES string of the molecule is CCCCCCCCCOCCCC=C(OCCCCCCCCC)C(OCC)OC(OCC)C(=CCCCOCCCCCCCCC)OCCCCCCCCC. The van der Waals surface area contributed by atoms with Crippen LogP contribution >= 0.6 is 0 Å². The predicted molar refractivity (Wildman–Crippen MR) is 252 cm³/mol. The normalized spacial score (nSPS) is 13.3. The van der Waals surface area contributed by atoms with Gasteiger partial charge in [-0.1, -0.05) is 182 Å². The number of unbranched alkanes of at least 4 members (excludes halogenated alkanes) is 26. The summed E-state index contributed by atoms with van der Waals surface area (Å²) in [6, 6.07) is 0. The fourth-order valence-corrected chi connectivity index (χ4v) is 7.12. The van der Waals surface area contributed by atoms with Crippen LogP contribution in [-0.4, -0.2) is 65.4 Å². The maximum atomic E-state index is 6.72. The van der Waals surface area contributed by atoms with Crippen LogP contribution in [0.2, 0.25) is 0 Å². The highest BCUT2D eigenvalue weighted by Crippen LogP contribution is 2.22. The molecule has 59 heavy (non-hydrogen) atoms. The zero-order valence-corrected chi connectivity index (χ0v) is 40.5. The van der Waals surface area contributed by atoms with E-state index in [4.69, 9.17) is 33.2 Å². The van der Waals surface area contributed by atoms with Crippen molar-refractivity contribution in [2.24, 2.45) is 0 Å². The quantitative estimate of drug-likeness (QED) is 0.0343. The molecule has 0 heterocycles. The third-order valence-corrected chi connectivity index (χ3v) is 10.8. The highest BCUT2D eigenvalue weighted by molar-refractivity contribution is 5.01. The molecule has 0 radical (unpaired) electrons. The first-order valence-corrected chi connectivity index (χ1v) is 25.9. The molecule has 0 aromatic carbocycles. The Bertz CT molecular complexity index is 794. The maximum absolute atomic E-state index is 6.72. The first-order chi connectivity index (χ1) is 29.2. The van der Waals surface area contributed by atoms with Crippen LogP contribution in [0.25, 0.3) is 0 Å². The molecule has 0 fully saturated rings. The van der Waals surface area contributed by atoms with Gasteiger partial charge in [-0.15, -0.1) is 0 Å². The second-order valence-corrected chi connectivity index (χ2v) is 16.6. The van der Waals surface area contributed by atoms with Crippen LogP contribution in [0.1, 0.15) is 247 Å². The Morgan fingerprint density at radius 1 is 0.322 bits per heavy atom. The van der Waals surface area contributed by atoms with Gasteiger partial charge in [0, 0.05) is 39.6 Å². The molecule has 0 saturated heterocycles. The van der Waals surface area contributed by atoms with Crippen molar-refractivity contribution in [1.82, 2.24) is 0 Å². The van der Waals surface area contributed by atoms with Gasteiger partial charge in [-0.25, -0.2) is 0 Å². The van der Waals surface area contributed by atoms with E-state index in [1.165, 1.54) is 154 Å². The van der Waals surface area contributed by atoms with Gasteiger partial charge in [-0.2, -0.15) is 0 Å². The van der Waals surface area contributed by atoms with E-state index in [1.54, 1.807) is 0 Å². The Morgan fingerprint density at radius 3 is 0.898 bits per heavy atom. The van der Waals surface area contributed by atoms with Crippen molar-refractivity contribution in [2.45, 2.75) is 260 Å². The average Bonchev–Trinajstić information content (AvgIpc) is 3.24. The first-order valence-electron chi connectivity index (χ1n) is 25.9. The summed E-state index contributed by atoms with van der Waals surface area (Å²) < 4.78 is 44.4. The van der Waals surface area contributed by atoms with Gasteiger partial charge < -0.3 is 33.2 Å². The molecule has 0 N–H and O–H groups in total. The van der Waals surface area contributed by atoms with Crippen molar-refractivity contribution in [3.05, 3.63) is 23.7 Å². The third kappa shape index (κ3) is 40.7. The zero-order chi connectivity index (χ0) is 43.0. The van der Waals surface area contributed by atoms with Gasteiger partial charge in [-0.05, 0) is 77.4 Å². The lowest BCUT2D eigenvalue weighted by atomic mass is 10.1. The zero-order valence-electron chi connectivity index (χ0n) is 40.5. The predicted octanol–water partition coefficient (Wildman–Crippen LogP) is 16.1. The summed E-state index contributed by atoms with van der Waals surface area (Å²) in [6.07, 6.45) is 42.1. The van der Waals surface area contributed by atoms with E-state index in [0.29, 0.717) is 26.4 Å². The molecular formula is C52H102O7.